The Morgan fingerprint density at radius 2 is 1.94 bits per heavy atom. The number of H-pyrrole nitrogens is 1. The summed E-state index contributed by atoms with van der Waals surface area (Å²) in [6, 6.07) is 0. The summed E-state index contributed by atoms with van der Waals surface area (Å²) < 4.78 is 26.7. The molecule has 1 fully saturated rings. The molecule has 6 nitrogen and oxygen atoms in total. The molecule has 102 valence electrons. The summed E-state index contributed by atoms with van der Waals surface area (Å²) in [4.78, 5) is 0.256. The molecular weight excluding hydrogens is 252 g/mol. The number of aromatic nitrogens is 2. The summed E-state index contributed by atoms with van der Waals surface area (Å²) in [6.45, 7) is 7.12. The van der Waals surface area contributed by atoms with Gasteiger partial charge in [-0.25, -0.2) is 8.42 Å². The summed E-state index contributed by atoms with van der Waals surface area (Å²) in [5.74, 6) is 0.765. The van der Waals surface area contributed by atoms with Crippen LogP contribution in [0, 0.1) is 18.8 Å². The molecule has 2 heterocycles. The lowest BCUT2D eigenvalue weighted by Crippen LogP contribution is -2.30. The Kier molecular flexibility index (Phi) is 3.48. The molecule has 0 spiro atoms. The highest BCUT2D eigenvalue weighted by Crippen LogP contribution is 2.30. The molecule has 0 aromatic carbocycles. The van der Waals surface area contributed by atoms with Crippen molar-refractivity contribution in [2.45, 2.75) is 32.2 Å². The first-order valence-electron chi connectivity index (χ1n) is 6.12. The number of nitrogens with one attached hydrogen (secondary N) is 1. The van der Waals surface area contributed by atoms with Crippen molar-refractivity contribution >= 4 is 10.0 Å². The predicted molar refractivity (Wildman–Crippen MR) is 68.3 cm³/mol. The number of hydrogen-bond acceptors (Lipinski definition) is 4. The molecule has 0 bridgehead atoms. The third-order valence-electron chi connectivity index (χ3n) is 3.71. The Bertz CT molecular complexity index is 527. The maximum atomic E-state index is 12.6. The van der Waals surface area contributed by atoms with Gasteiger partial charge in [0.05, 0.1) is 11.4 Å². The molecule has 2 unspecified atom stereocenters. The van der Waals surface area contributed by atoms with E-state index in [9.17, 15) is 8.42 Å². The van der Waals surface area contributed by atoms with Crippen molar-refractivity contribution < 1.29 is 8.42 Å². The van der Waals surface area contributed by atoms with Gasteiger partial charge in [0, 0.05) is 19.6 Å². The van der Waals surface area contributed by atoms with Crippen molar-refractivity contribution in [1.82, 2.24) is 14.5 Å². The SMILES string of the molecule is Cc1[nH]nc(CN)c1S(=O)(=O)N1CC(C)C(C)C1. The number of rotatable bonds is 3. The van der Waals surface area contributed by atoms with Crippen molar-refractivity contribution in [3.8, 4) is 0 Å². The van der Waals surface area contributed by atoms with Gasteiger partial charge in [0.2, 0.25) is 10.0 Å². The third kappa shape index (κ3) is 2.06. The lowest BCUT2D eigenvalue weighted by atomic mass is 10.0. The molecule has 7 heteroatoms. The molecule has 0 saturated carbocycles. The van der Waals surface area contributed by atoms with Crippen molar-refractivity contribution in [2.24, 2.45) is 17.6 Å². The fourth-order valence-electron chi connectivity index (χ4n) is 2.35. The van der Waals surface area contributed by atoms with Gasteiger partial charge in [0.25, 0.3) is 0 Å². The highest BCUT2D eigenvalue weighted by Gasteiger charge is 2.37. The van der Waals surface area contributed by atoms with E-state index in [2.05, 4.69) is 24.0 Å². The lowest BCUT2D eigenvalue weighted by Gasteiger charge is -2.16. The molecule has 1 saturated heterocycles. The Morgan fingerprint density at radius 1 is 1.39 bits per heavy atom. The molecule has 1 aromatic rings. The van der Waals surface area contributed by atoms with E-state index in [4.69, 9.17) is 5.73 Å². The van der Waals surface area contributed by atoms with Gasteiger partial charge >= 0.3 is 0 Å². The Morgan fingerprint density at radius 3 is 2.44 bits per heavy atom. The fraction of sp³-hybridized carbons (Fsp3) is 0.727. The zero-order chi connectivity index (χ0) is 13.5. The van der Waals surface area contributed by atoms with Crippen LogP contribution in [0.5, 0.6) is 0 Å². The van der Waals surface area contributed by atoms with E-state index in [-0.39, 0.29) is 11.4 Å². The zero-order valence-electron chi connectivity index (χ0n) is 11.0. The average molecular weight is 272 g/mol. The molecule has 1 aromatic heterocycles. The minimum atomic E-state index is -3.48. The molecule has 2 atom stereocenters. The van der Waals surface area contributed by atoms with Gasteiger partial charge in [0.1, 0.15) is 4.90 Å². The summed E-state index contributed by atoms with van der Waals surface area (Å²) in [7, 11) is -3.48. The summed E-state index contributed by atoms with van der Waals surface area (Å²) in [5.41, 5.74) is 6.52. The molecule has 0 amide bonds. The van der Waals surface area contributed by atoms with Crippen LogP contribution in [-0.4, -0.2) is 36.0 Å². The number of aryl methyl sites for hydroxylation is 1. The number of hydrogen-bond donors (Lipinski definition) is 2. The molecule has 0 radical (unpaired) electrons. The average Bonchev–Trinajstić information content (AvgIpc) is 2.84. The van der Waals surface area contributed by atoms with Gasteiger partial charge in [0.15, 0.2) is 0 Å². The molecule has 1 aliphatic rings. The van der Waals surface area contributed by atoms with Gasteiger partial charge in [-0.2, -0.15) is 9.40 Å². The van der Waals surface area contributed by atoms with E-state index >= 15 is 0 Å². The van der Waals surface area contributed by atoms with Gasteiger partial charge in [-0.15, -0.1) is 0 Å². The second kappa shape index (κ2) is 4.64. The van der Waals surface area contributed by atoms with E-state index < -0.39 is 10.0 Å². The highest BCUT2D eigenvalue weighted by molar-refractivity contribution is 7.89. The molecular formula is C11H20N4O2S. The molecule has 1 aliphatic heterocycles. The van der Waals surface area contributed by atoms with Crippen LogP contribution in [0.2, 0.25) is 0 Å². The van der Waals surface area contributed by atoms with Crippen LogP contribution in [0.1, 0.15) is 25.2 Å². The van der Waals surface area contributed by atoms with Gasteiger partial charge in [-0.3, -0.25) is 5.10 Å². The Labute approximate surface area is 108 Å². The van der Waals surface area contributed by atoms with Crippen LogP contribution in [-0.2, 0) is 16.6 Å². The maximum Gasteiger partial charge on any atom is 0.246 e. The van der Waals surface area contributed by atoms with E-state index in [1.807, 2.05) is 0 Å². The molecule has 3 N–H and O–H groups in total. The first-order valence-corrected chi connectivity index (χ1v) is 7.56. The van der Waals surface area contributed by atoms with Crippen LogP contribution in [0.4, 0.5) is 0 Å². The van der Waals surface area contributed by atoms with Gasteiger partial charge < -0.3 is 5.73 Å². The topological polar surface area (TPSA) is 92.1 Å². The monoisotopic (exact) mass is 272 g/mol. The van der Waals surface area contributed by atoms with E-state index in [1.54, 1.807) is 11.2 Å². The van der Waals surface area contributed by atoms with E-state index in [0.29, 0.717) is 36.3 Å². The van der Waals surface area contributed by atoms with E-state index in [0.717, 1.165) is 0 Å². The van der Waals surface area contributed by atoms with Crippen LogP contribution < -0.4 is 5.73 Å². The number of sulfonamides is 1. The largest absolute Gasteiger partial charge is 0.325 e. The maximum absolute atomic E-state index is 12.6. The zero-order valence-corrected chi connectivity index (χ0v) is 11.8. The first-order chi connectivity index (χ1) is 8.37. The quantitative estimate of drug-likeness (QED) is 0.835. The molecule has 0 aliphatic carbocycles. The van der Waals surface area contributed by atoms with Crippen LogP contribution >= 0.6 is 0 Å². The number of aromatic amines is 1. The van der Waals surface area contributed by atoms with Crippen molar-refractivity contribution in [3.05, 3.63) is 11.4 Å². The van der Waals surface area contributed by atoms with Crippen molar-refractivity contribution in [2.75, 3.05) is 13.1 Å². The minimum absolute atomic E-state index is 0.123. The minimum Gasteiger partial charge on any atom is -0.325 e. The first kappa shape index (κ1) is 13.5. The van der Waals surface area contributed by atoms with Crippen molar-refractivity contribution in [3.63, 3.8) is 0 Å². The van der Waals surface area contributed by atoms with Gasteiger partial charge in [-0.05, 0) is 18.8 Å². The summed E-state index contributed by atoms with van der Waals surface area (Å²) in [6.07, 6.45) is 0. The standard InChI is InChI=1S/C11H20N4O2S/c1-7-5-15(6-8(7)2)18(16,17)11-9(3)13-14-10(11)4-12/h7-8H,4-6,12H2,1-3H3,(H,13,14). The summed E-state index contributed by atoms with van der Waals surface area (Å²) >= 11 is 0. The lowest BCUT2D eigenvalue weighted by molar-refractivity contribution is 0.462. The molecule has 18 heavy (non-hydrogen) atoms. The van der Waals surface area contributed by atoms with Crippen LogP contribution in [0.3, 0.4) is 0 Å². The number of nitrogens with zero attached hydrogens (tertiary/aromatic N) is 2. The van der Waals surface area contributed by atoms with Crippen LogP contribution in [0.25, 0.3) is 0 Å². The smallest absolute Gasteiger partial charge is 0.246 e. The second-order valence-electron chi connectivity index (χ2n) is 5.11. The summed E-state index contributed by atoms with van der Waals surface area (Å²) in [5, 5.41) is 6.66. The van der Waals surface area contributed by atoms with Crippen molar-refractivity contribution in [1.29, 1.82) is 0 Å². The number of nitrogens with two attached hydrogens (primary N) is 1. The predicted octanol–water partition coefficient (Wildman–Crippen LogP) is 0.453. The third-order valence-corrected chi connectivity index (χ3v) is 5.74. The fourth-order valence-corrected chi connectivity index (χ4v) is 4.33. The second-order valence-corrected chi connectivity index (χ2v) is 6.98. The Balaban J connectivity index is 2.40. The normalized spacial score (nSPS) is 25.8. The highest BCUT2D eigenvalue weighted by atomic mass is 32.2. The van der Waals surface area contributed by atoms with Gasteiger partial charge in [-0.1, -0.05) is 13.8 Å². The van der Waals surface area contributed by atoms with Crippen LogP contribution in [0.15, 0.2) is 4.90 Å². The van der Waals surface area contributed by atoms with E-state index in [1.165, 1.54) is 0 Å². The molecule has 2 rings (SSSR count). The Hall–Kier alpha value is -0.920.